The van der Waals surface area contributed by atoms with Crippen molar-refractivity contribution >= 4 is 5.84 Å². The van der Waals surface area contributed by atoms with E-state index in [0.29, 0.717) is 11.5 Å². The Morgan fingerprint density at radius 2 is 1.76 bits per heavy atom. The summed E-state index contributed by atoms with van der Waals surface area (Å²) in [5.41, 5.74) is 6.69. The maximum absolute atomic E-state index is 13.3. The van der Waals surface area contributed by atoms with Gasteiger partial charge >= 0.3 is 0 Å². The summed E-state index contributed by atoms with van der Waals surface area (Å²) in [6.45, 7) is 6.27. The molecule has 0 atom stereocenters. The Kier molecular flexibility index (Phi) is 3.98. The minimum Gasteiger partial charge on any atom is -0.456 e. The first kappa shape index (κ1) is 15.0. The molecule has 0 saturated heterocycles. The molecule has 0 aliphatic rings. The van der Waals surface area contributed by atoms with E-state index in [1.54, 1.807) is 0 Å². The lowest BCUT2D eigenvalue weighted by molar-refractivity contribution is 0.453. The summed E-state index contributed by atoms with van der Waals surface area (Å²) in [7, 11) is 0. The minimum atomic E-state index is -0.448. The van der Waals surface area contributed by atoms with Crippen LogP contribution in [0.2, 0.25) is 0 Å². The van der Waals surface area contributed by atoms with Gasteiger partial charge in [0, 0.05) is 5.56 Å². The fourth-order valence-electron chi connectivity index (χ4n) is 2.10. The molecule has 0 aliphatic heterocycles. The molecule has 0 fully saturated rings. The highest BCUT2D eigenvalue weighted by molar-refractivity contribution is 5.97. The fraction of sp³-hybridized carbons (Fsp3) is 0.235. The van der Waals surface area contributed by atoms with Gasteiger partial charge in [-0.2, -0.15) is 0 Å². The molecule has 0 bridgehead atoms. The van der Waals surface area contributed by atoms with E-state index in [2.05, 4.69) is 20.8 Å². The SMILES string of the molecule is CC(C)(C)c1ccccc1Oc1ccc(F)cc1C(=N)N. The minimum absolute atomic E-state index is 0.0903. The molecule has 3 nitrogen and oxygen atoms in total. The average Bonchev–Trinajstić information content (AvgIpc) is 2.40. The molecule has 0 saturated carbocycles. The largest absolute Gasteiger partial charge is 0.456 e. The highest BCUT2D eigenvalue weighted by Gasteiger charge is 2.19. The summed E-state index contributed by atoms with van der Waals surface area (Å²) in [5, 5.41) is 7.55. The van der Waals surface area contributed by atoms with E-state index in [1.165, 1.54) is 18.2 Å². The van der Waals surface area contributed by atoms with Gasteiger partial charge in [-0.15, -0.1) is 0 Å². The zero-order chi connectivity index (χ0) is 15.6. The van der Waals surface area contributed by atoms with E-state index in [1.807, 2.05) is 24.3 Å². The number of hydrogen-bond donors (Lipinski definition) is 2. The summed E-state index contributed by atoms with van der Waals surface area (Å²) >= 11 is 0. The normalized spacial score (nSPS) is 11.2. The van der Waals surface area contributed by atoms with Crippen LogP contribution in [0.5, 0.6) is 11.5 Å². The van der Waals surface area contributed by atoms with Crippen LogP contribution < -0.4 is 10.5 Å². The first-order valence-corrected chi connectivity index (χ1v) is 6.70. The predicted molar refractivity (Wildman–Crippen MR) is 82.6 cm³/mol. The van der Waals surface area contributed by atoms with Crippen LogP contribution in [-0.2, 0) is 5.41 Å². The van der Waals surface area contributed by atoms with E-state index < -0.39 is 5.82 Å². The summed E-state index contributed by atoms with van der Waals surface area (Å²) < 4.78 is 19.2. The second-order valence-corrected chi connectivity index (χ2v) is 5.90. The Balaban J connectivity index is 2.47. The van der Waals surface area contributed by atoms with Gasteiger partial charge in [-0.05, 0) is 29.7 Å². The van der Waals surface area contributed by atoms with Crippen molar-refractivity contribution in [3.05, 3.63) is 59.4 Å². The molecule has 0 heterocycles. The molecule has 2 rings (SSSR count). The number of nitrogen functional groups attached to an aromatic ring is 1. The fourth-order valence-corrected chi connectivity index (χ4v) is 2.10. The zero-order valence-electron chi connectivity index (χ0n) is 12.4. The second kappa shape index (κ2) is 5.56. The molecule has 3 N–H and O–H groups in total. The van der Waals surface area contributed by atoms with Gasteiger partial charge in [0.25, 0.3) is 0 Å². The topological polar surface area (TPSA) is 59.1 Å². The molecule has 0 aliphatic carbocycles. The van der Waals surface area contributed by atoms with Crippen LogP contribution in [-0.4, -0.2) is 5.84 Å². The quantitative estimate of drug-likeness (QED) is 0.656. The first-order chi connectivity index (χ1) is 9.79. The number of rotatable bonds is 3. The van der Waals surface area contributed by atoms with Crippen LogP contribution in [0, 0.1) is 11.2 Å². The Hall–Kier alpha value is -2.36. The zero-order valence-corrected chi connectivity index (χ0v) is 12.4. The van der Waals surface area contributed by atoms with Gasteiger partial charge < -0.3 is 10.5 Å². The highest BCUT2D eigenvalue weighted by atomic mass is 19.1. The van der Waals surface area contributed by atoms with Gasteiger partial charge in [-0.1, -0.05) is 39.0 Å². The maximum Gasteiger partial charge on any atom is 0.138 e. The monoisotopic (exact) mass is 286 g/mol. The van der Waals surface area contributed by atoms with Crippen molar-refractivity contribution in [2.24, 2.45) is 5.73 Å². The van der Waals surface area contributed by atoms with Crippen LogP contribution in [0.4, 0.5) is 4.39 Å². The number of nitrogens with two attached hydrogens (primary N) is 1. The van der Waals surface area contributed by atoms with Crippen molar-refractivity contribution < 1.29 is 9.13 Å². The average molecular weight is 286 g/mol. The number of ether oxygens (including phenoxy) is 1. The van der Waals surface area contributed by atoms with Crippen molar-refractivity contribution in [2.75, 3.05) is 0 Å². The number of amidine groups is 1. The molecular weight excluding hydrogens is 267 g/mol. The van der Waals surface area contributed by atoms with Gasteiger partial charge in [-0.25, -0.2) is 4.39 Å². The lowest BCUT2D eigenvalue weighted by atomic mass is 9.86. The Labute approximate surface area is 124 Å². The molecule has 0 amide bonds. The number of halogens is 1. The lowest BCUT2D eigenvalue weighted by Gasteiger charge is -2.23. The lowest BCUT2D eigenvalue weighted by Crippen LogP contribution is -2.14. The molecule has 2 aromatic carbocycles. The third kappa shape index (κ3) is 3.40. The number of para-hydroxylation sites is 1. The van der Waals surface area contributed by atoms with E-state index in [-0.39, 0.29) is 16.8 Å². The maximum atomic E-state index is 13.3. The third-order valence-electron chi connectivity index (χ3n) is 3.15. The molecule has 4 heteroatoms. The van der Waals surface area contributed by atoms with Crippen molar-refractivity contribution in [3.8, 4) is 11.5 Å². The predicted octanol–water partition coefficient (Wildman–Crippen LogP) is 4.20. The van der Waals surface area contributed by atoms with E-state index in [4.69, 9.17) is 15.9 Å². The van der Waals surface area contributed by atoms with Crippen LogP contribution in [0.3, 0.4) is 0 Å². The molecule has 2 aromatic rings. The van der Waals surface area contributed by atoms with Crippen LogP contribution in [0.1, 0.15) is 31.9 Å². The third-order valence-corrected chi connectivity index (χ3v) is 3.15. The van der Waals surface area contributed by atoms with E-state index in [0.717, 1.165) is 5.56 Å². The second-order valence-electron chi connectivity index (χ2n) is 5.90. The highest BCUT2D eigenvalue weighted by Crippen LogP contribution is 2.35. The van der Waals surface area contributed by atoms with Crippen molar-refractivity contribution in [3.63, 3.8) is 0 Å². The molecule has 0 aromatic heterocycles. The Morgan fingerprint density at radius 1 is 1.10 bits per heavy atom. The Morgan fingerprint density at radius 3 is 2.38 bits per heavy atom. The smallest absolute Gasteiger partial charge is 0.138 e. The first-order valence-electron chi connectivity index (χ1n) is 6.70. The molecule has 0 spiro atoms. The number of hydrogen-bond acceptors (Lipinski definition) is 2. The van der Waals surface area contributed by atoms with Crippen molar-refractivity contribution in [1.29, 1.82) is 5.41 Å². The van der Waals surface area contributed by atoms with Gasteiger partial charge in [0.05, 0.1) is 5.56 Å². The van der Waals surface area contributed by atoms with Crippen LogP contribution in [0.25, 0.3) is 0 Å². The number of nitrogens with one attached hydrogen (secondary N) is 1. The summed E-state index contributed by atoms with van der Waals surface area (Å²) in [6.07, 6.45) is 0. The molecule has 21 heavy (non-hydrogen) atoms. The van der Waals surface area contributed by atoms with E-state index >= 15 is 0 Å². The summed E-state index contributed by atoms with van der Waals surface area (Å²) in [5.74, 6) is 0.383. The summed E-state index contributed by atoms with van der Waals surface area (Å²) in [6, 6.07) is 11.7. The van der Waals surface area contributed by atoms with Gasteiger partial charge in [0.15, 0.2) is 0 Å². The van der Waals surface area contributed by atoms with Crippen molar-refractivity contribution in [2.45, 2.75) is 26.2 Å². The molecular formula is C17H19FN2O. The van der Waals surface area contributed by atoms with Crippen LogP contribution in [0.15, 0.2) is 42.5 Å². The van der Waals surface area contributed by atoms with Gasteiger partial charge in [-0.3, -0.25) is 5.41 Å². The van der Waals surface area contributed by atoms with Crippen molar-refractivity contribution in [1.82, 2.24) is 0 Å². The molecule has 0 radical (unpaired) electrons. The van der Waals surface area contributed by atoms with Gasteiger partial charge in [0.2, 0.25) is 0 Å². The number of benzene rings is 2. The molecule has 0 unspecified atom stereocenters. The van der Waals surface area contributed by atoms with Crippen LogP contribution >= 0.6 is 0 Å². The molecule has 110 valence electrons. The summed E-state index contributed by atoms with van der Waals surface area (Å²) in [4.78, 5) is 0. The van der Waals surface area contributed by atoms with E-state index in [9.17, 15) is 4.39 Å². The Bertz CT molecular complexity index is 675. The standard InChI is InChI=1S/C17H19FN2O/c1-17(2,3)13-6-4-5-7-15(13)21-14-9-8-11(18)10-12(14)16(19)20/h4-10H,1-3H3,(H3,19,20). The van der Waals surface area contributed by atoms with Gasteiger partial charge in [0.1, 0.15) is 23.2 Å².